The predicted molar refractivity (Wildman–Crippen MR) is 122 cm³/mol. The minimum Gasteiger partial charge on any atom is -0.860 e. The summed E-state index contributed by atoms with van der Waals surface area (Å²) in [4.78, 5) is 20.2. The molecule has 0 saturated carbocycles. The van der Waals surface area contributed by atoms with Crippen molar-refractivity contribution < 1.29 is 37.0 Å². The second-order valence-electron chi connectivity index (χ2n) is 7.79. The monoisotopic (exact) mass is 531 g/mol. The lowest BCUT2D eigenvalue weighted by atomic mass is 10.1. The number of hydrogen-bond donors (Lipinski definition) is 2. The van der Waals surface area contributed by atoms with Gasteiger partial charge in [-0.15, -0.1) is 10.2 Å². The van der Waals surface area contributed by atoms with E-state index in [1.54, 1.807) is 36.0 Å². The van der Waals surface area contributed by atoms with Crippen molar-refractivity contribution in [1.29, 1.82) is 0 Å². The van der Waals surface area contributed by atoms with Crippen LogP contribution < -0.4 is 20.4 Å². The molecule has 0 spiro atoms. The van der Waals surface area contributed by atoms with Crippen LogP contribution in [-0.2, 0) is 31.1 Å². The van der Waals surface area contributed by atoms with Crippen LogP contribution in [0, 0.1) is 0 Å². The van der Waals surface area contributed by atoms with E-state index in [2.05, 4.69) is 36.1 Å². The quantitative estimate of drug-likeness (QED) is 0.188. The van der Waals surface area contributed by atoms with Crippen molar-refractivity contribution in [3.8, 4) is 0 Å². The fourth-order valence-electron chi connectivity index (χ4n) is 3.10. The molecule has 0 aliphatic carbocycles. The Labute approximate surface area is 212 Å². The number of anilines is 2. The van der Waals surface area contributed by atoms with E-state index < -0.39 is 30.3 Å². The minimum atomic E-state index is -4.76. The first kappa shape index (κ1) is 26.2. The Morgan fingerprint density at radius 3 is 2.82 bits per heavy atom. The van der Waals surface area contributed by atoms with E-state index in [9.17, 15) is 23.1 Å². The van der Waals surface area contributed by atoms with Crippen LogP contribution >= 0.6 is 0 Å². The lowest BCUT2D eigenvalue weighted by molar-refractivity contribution is -0.755. The van der Waals surface area contributed by atoms with Gasteiger partial charge in [-0.3, -0.25) is 19.8 Å². The van der Waals surface area contributed by atoms with Crippen molar-refractivity contribution in [2.45, 2.75) is 19.3 Å². The number of aryl methyl sites for hydroxylation is 1. The normalized spacial score (nSPS) is 11.9. The maximum atomic E-state index is 13.4. The zero-order valence-electron chi connectivity index (χ0n) is 19.7. The van der Waals surface area contributed by atoms with Gasteiger partial charge in [0.25, 0.3) is 6.20 Å². The number of halogens is 3. The smallest absolute Gasteiger partial charge is 0.416 e. The van der Waals surface area contributed by atoms with Crippen LogP contribution in [0.15, 0.2) is 64.6 Å². The number of ether oxygens (including phenoxy) is 1. The Morgan fingerprint density at radius 1 is 1.26 bits per heavy atom. The summed E-state index contributed by atoms with van der Waals surface area (Å²) in [6.45, 7) is -0.282. The molecule has 0 radical (unpaired) electrons. The van der Waals surface area contributed by atoms with Crippen LogP contribution in [0.3, 0.4) is 0 Å². The topological polar surface area (TPSA) is 159 Å². The van der Waals surface area contributed by atoms with Crippen molar-refractivity contribution in [2.75, 3.05) is 17.2 Å². The standard InChI is InChI=1S/C22H20F3N9O4/c1-33-13-27-31-18(33)11-37-12-19(35)28-16-6-14(22(23,24)25)7-17(8-16)29-21(36)30-20-10-34(32-38-20)9-15-4-2-3-5-26-15/h2-8,10,13H,9,11-12H2,1H3,(H2-,28,29,30,32,35,36). The van der Waals surface area contributed by atoms with E-state index in [1.165, 1.54) is 17.2 Å². The zero-order chi connectivity index (χ0) is 27.1. The van der Waals surface area contributed by atoms with Crippen LogP contribution in [0.2, 0.25) is 0 Å². The number of benzene rings is 1. The highest BCUT2D eigenvalue weighted by Crippen LogP contribution is 2.34. The Hall–Kier alpha value is -4.86. The zero-order valence-corrected chi connectivity index (χ0v) is 19.7. The molecule has 3 heterocycles. The molecule has 198 valence electrons. The third-order valence-electron chi connectivity index (χ3n) is 4.82. The number of hydrogen-bond acceptors (Lipinski definition) is 9. The van der Waals surface area contributed by atoms with Crippen molar-refractivity contribution in [2.24, 2.45) is 12.0 Å². The number of carbonyl (C=O) groups is 1. The lowest BCUT2D eigenvalue weighted by Crippen LogP contribution is -2.35. The lowest BCUT2D eigenvalue weighted by Gasteiger charge is -2.14. The third kappa shape index (κ3) is 7.33. The van der Waals surface area contributed by atoms with Gasteiger partial charge in [-0.2, -0.15) is 13.2 Å². The summed E-state index contributed by atoms with van der Waals surface area (Å²) < 4.78 is 53.4. The van der Waals surface area contributed by atoms with Crippen LogP contribution in [0.1, 0.15) is 17.1 Å². The minimum absolute atomic E-state index is 0.0448. The summed E-state index contributed by atoms with van der Waals surface area (Å²) in [5.41, 5.74) is -1.01. The van der Waals surface area contributed by atoms with Gasteiger partial charge in [-0.25, -0.2) is 4.79 Å². The molecule has 4 aromatic rings. The number of carbonyl (C=O) groups excluding carboxylic acids is 1. The van der Waals surface area contributed by atoms with E-state index in [4.69, 9.17) is 9.26 Å². The molecule has 0 bridgehead atoms. The van der Waals surface area contributed by atoms with Gasteiger partial charge in [0, 0.05) is 18.9 Å². The third-order valence-corrected chi connectivity index (χ3v) is 4.82. The summed E-state index contributed by atoms with van der Waals surface area (Å²) >= 11 is 0. The molecule has 1 aromatic carbocycles. The highest BCUT2D eigenvalue weighted by molar-refractivity contribution is 5.99. The summed E-state index contributed by atoms with van der Waals surface area (Å²) in [6.07, 6.45) is -0.328. The molecule has 3 aromatic heterocycles. The van der Waals surface area contributed by atoms with Gasteiger partial charge in [0.15, 0.2) is 5.82 Å². The molecule has 13 nitrogen and oxygen atoms in total. The summed E-state index contributed by atoms with van der Waals surface area (Å²) in [7, 11) is 1.68. The summed E-state index contributed by atoms with van der Waals surface area (Å²) in [6, 6.07) is 6.91. The maximum absolute atomic E-state index is 13.4. The van der Waals surface area contributed by atoms with Crippen molar-refractivity contribution in [3.63, 3.8) is 0 Å². The van der Waals surface area contributed by atoms with Gasteiger partial charge in [0.2, 0.25) is 11.8 Å². The van der Waals surface area contributed by atoms with Gasteiger partial charge in [0.05, 0.1) is 17.9 Å². The molecule has 0 saturated heterocycles. The maximum Gasteiger partial charge on any atom is 0.416 e. The predicted octanol–water partition coefficient (Wildman–Crippen LogP) is 1.80. The van der Waals surface area contributed by atoms with Crippen LogP contribution in [0.5, 0.6) is 0 Å². The fraction of sp³-hybridized carbons (Fsp3) is 0.227. The first-order valence-electron chi connectivity index (χ1n) is 10.9. The number of amides is 2. The number of alkyl halides is 3. The molecular weight excluding hydrogens is 511 g/mol. The molecule has 2 N–H and O–H groups in total. The molecule has 16 heteroatoms. The fourth-order valence-corrected chi connectivity index (χ4v) is 3.10. The number of rotatable bonds is 9. The molecule has 0 unspecified atom stereocenters. The van der Waals surface area contributed by atoms with Gasteiger partial charge >= 0.3 is 18.1 Å². The summed E-state index contributed by atoms with van der Waals surface area (Å²) in [5, 5.41) is 27.9. The molecule has 0 atom stereocenters. The molecule has 0 aliphatic rings. The Kier molecular flexibility index (Phi) is 7.91. The average molecular weight is 531 g/mol. The number of pyridine rings is 1. The van der Waals surface area contributed by atoms with E-state index in [0.29, 0.717) is 23.7 Å². The van der Waals surface area contributed by atoms with Crippen molar-refractivity contribution in [3.05, 3.63) is 72.2 Å². The van der Waals surface area contributed by atoms with Crippen molar-refractivity contribution >= 4 is 29.2 Å². The molecule has 0 fully saturated rings. The van der Waals surface area contributed by atoms with E-state index in [-0.39, 0.29) is 30.4 Å². The number of urea groups is 1. The second kappa shape index (κ2) is 11.5. The Bertz CT molecular complexity index is 1420. The average Bonchev–Trinajstić information content (AvgIpc) is 3.47. The number of aliphatic imine (C=N–C) groups is 1. The van der Waals surface area contributed by atoms with E-state index in [1.807, 2.05) is 0 Å². The van der Waals surface area contributed by atoms with Crippen molar-refractivity contribution in [1.82, 2.24) is 25.0 Å². The molecule has 2 amide bonds. The first-order valence-corrected chi connectivity index (χ1v) is 10.9. The number of nitrogens with zero attached hydrogens (tertiary/aromatic N) is 7. The van der Waals surface area contributed by atoms with Crippen LogP contribution in [-0.4, -0.2) is 43.6 Å². The number of aromatic nitrogens is 6. The Balaban J connectivity index is 1.41. The van der Waals surface area contributed by atoms with Gasteiger partial charge in [-0.05, 0) is 40.9 Å². The van der Waals surface area contributed by atoms with Gasteiger partial charge < -0.3 is 19.7 Å². The SMILES string of the molecule is Cn1cnnc1COCC([O-])=Nc1cc(NC(=O)Nc2c[n+](Cc3ccccn3)no2)cc(C(F)(F)F)c1. The molecule has 4 rings (SSSR count). The number of nitrogens with one attached hydrogen (secondary N) is 2. The molecule has 0 aliphatic heterocycles. The van der Waals surface area contributed by atoms with Crippen LogP contribution in [0.25, 0.3) is 0 Å². The highest BCUT2D eigenvalue weighted by Gasteiger charge is 2.31. The Morgan fingerprint density at radius 2 is 2.11 bits per heavy atom. The molecule has 38 heavy (non-hydrogen) atoms. The van der Waals surface area contributed by atoms with Gasteiger partial charge in [0.1, 0.15) is 18.6 Å². The highest BCUT2D eigenvalue weighted by atomic mass is 19.4. The first-order chi connectivity index (χ1) is 18.2. The van der Waals surface area contributed by atoms with E-state index >= 15 is 0 Å². The largest absolute Gasteiger partial charge is 0.860 e. The molecular formula is C22H20F3N9O4. The second-order valence-corrected chi connectivity index (χ2v) is 7.79. The summed E-state index contributed by atoms with van der Waals surface area (Å²) in [5.74, 6) is -0.449. The van der Waals surface area contributed by atoms with Gasteiger partial charge in [-0.1, -0.05) is 6.07 Å². The van der Waals surface area contributed by atoms with Crippen LogP contribution in [0.4, 0.5) is 35.2 Å². The van der Waals surface area contributed by atoms with E-state index in [0.717, 1.165) is 6.07 Å².